The van der Waals surface area contributed by atoms with Crippen LogP contribution in [0.2, 0.25) is 0 Å². The first-order valence-electron chi connectivity index (χ1n) is 25.2. The number of benzene rings is 8. The second-order valence-electron chi connectivity index (χ2n) is 21.2. The van der Waals surface area contributed by atoms with Crippen molar-refractivity contribution >= 4 is 44.6 Å². The molecule has 0 fully saturated rings. The number of pyridine rings is 1. The van der Waals surface area contributed by atoms with Gasteiger partial charge in [0.05, 0.1) is 28.1 Å². The van der Waals surface area contributed by atoms with Crippen molar-refractivity contribution < 1.29 is 14.9 Å². The predicted octanol–water partition coefficient (Wildman–Crippen LogP) is 18.2. The lowest BCUT2D eigenvalue weighted by Crippen LogP contribution is -2.25. The summed E-state index contributed by atoms with van der Waals surface area (Å²) in [6.45, 7) is 17.5. The Morgan fingerprint density at radius 2 is 1.12 bits per heavy atom. The van der Waals surface area contributed by atoms with E-state index in [1.54, 1.807) is 0 Å². The highest BCUT2D eigenvalue weighted by Crippen LogP contribution is 2.52. The summed E-state index contributed by atoms with van der Waals surface area (Å²) >= 11 is 0. The van der Waals surface area contributed by atoms with Crippen LogP contribution in [0.5, 0.6) is 11.5 Å². The SMILES string of the molecule is [2H]C(C)(C)c1ccccc1-c1cc(Oc2ccc3c4ccccc4n(-c4cc(C(C)(C)C)ccn4)c3c2)cc(N2CN(c3c(-c4ccc(F)cc4)cc(C(C)(C)C)cc3-c3ccc(F)cc3)c3ccccc32)c1. The Bertz CT molecular complexity index is 3660. The number of halogens is 2. The minimum Gasteiger partial charge on any atom is -0.457 e. The van der Waals surface area contributed by atoms with Crippen LogP contribution in [-0.4, -0.2) is 16.2 Å². The van der Waals surface area contributed by atoms with Gasteiger partial charge in [-0.25, -0.2) is 13.8 Å². The van der Waals surface area contributed by atoms with Gasteiger partial charge in [-0.15, -0.1) is 0 Å². The molecule has 0 radical (unpaired) electrons. The molecule has 0 N–H and O–H groups in total. The van der Waals surface area contributed by atoms with Crippen LogP contribution in [-0.2, 0) is 10.8 Å². The first-order chi connectivity index (χ1) is 34.9. The largest absolute Gasteiger partial charge is 0.457 e. The molecule has 3 heterocycles. The van der Waals surface area contributed by atoms with Gasteiger partial charge in [-0.1, -0.05) is 134 Å². The monoisotopic (exact) mass is 949 g/mol. The third-order valence-corrected chi connectivity index (χ3v) is 14.0. The Balaban J connectivity index is 1.09. The van der Waals surface area contributed by atoms with Crippen LogP contribution < -0.4 is 14.5 Å². The molecule has 0 saturated carbocycles. The minimum absolute atomic E-state index is 0.0687. The number of rotatable bonds is 9. The third-order valence-electron chi connectivity index (χ3n) is 14.0. The standard InChI is InChI=1S/C65H58F2N4O/c1-41(2)52-15-9-10-16-53(52)44-33-49(38-51(34-44)72-50-29-30-55-54-17-11-12-18-58(54)71(61(55)39-50)62-37-45(31-32-68-62)64(3,4)5)69-40-70(60-20-14-13-19-59(60)69)63-56(42-21-25-47(66)26-22-42)35-46(65(6,7)8)36-57(63)43-23-27-48(67)28-24-43/h9-39,41H,40H2,1-8H3/i41D. The van der Waals surface area contributed by atoms with E-state index in [4.69, 9.17) is 9.72 Å². The summed E-state index contributed by atoms with van der Waals surface area (Å²) in [5, 5.41) is 2.22. The van der Waals surface area contributed by atoms with Gasteiger partial charge in [0.2, 0.25) is 0 Å². The van der Waals surface area contributed by atoms with E-state index in [1.807, 2.05) is 68.6 Å². The normalized spacial score (nSPS) is 13.2. The highest BCUT2D eigenvalue weighted by atomic mass is 19.1. The van der Waals surface area contributed by atoms with Crippen molar-refractivity contribution in [1.29, 1.82) is 0 Å². The second-order valence-corrected chi connectivity index (χ2v) is 21.2. The molecule has 358 valence electrons. The van der Waals surface area contributed by atoms with Crippen LogP contribution in [0.1, 0.15) is 79.3 Å². The van der Waals surface area contributed by atoms with Gasteiger partial charge in [-0.05, 0) is 147 Å². The lowest BCUT2D eigenvalue weighted by molar-refractivity contribution is 0.483. The predicted molar refractivity (Wildman–Crippen MR) is 295 cm³/mol. The Labute approximate surface area is 423 Å². The molecule has 72 heavy (non-hydrogen) atoms. The molecule has 1 aliphatic heterocycles. The number of fused-ring (bicyclic) bond motifs is 4. The summed E-state index contributed by atoms with van der Waals surface area (Å²) in [6, 6.07) is 59.7. The Morgan fingerprint density at radius 1 is 0.528 bits per heavy atom. The van der Waals surface area contributed by atoms with Crippen LogP contribution in [0.4, 0.5) is 31.5 Å². The number of hydrogen-bond donors (Lipinski definition) is 0. The molecule has 11 rings (SSSR count). The van der Waals surface area contributed by atoms with Crippen molar-refractivity contribution in [3.8, 4) is 50.7 Å². The number of para-hydroxylation sites is 3. The number of aromatic nitrogens is 2. The highest BCUT2D eigenvalue weighted by molar-refractivity contribution is 6.09. The lowest BCUT2D eigenvalue weighted by Gasteiger charge is -2.30. The van der Waals surface area contributed by atoms with Crippen molar-refractivity contribution in [2.24, 2.45) is 0 Å². The van der Waals surface area contributed by atoms with E-state index < -0.39 is 5.89 Å². The van der Waals surface area contributed by atoms with Gasteiger partial charge >= 0.3 is 0 Å². The molecule has 0 bridgehead atoms. The Kier molecular flexibility index (Phi) is 11.3. The average Bonchev–Trinajstić information content (AvgIpc) is 3.92. The van der Waals surface area contributed by atoms with Crippen LogP contribution in [0.3, 0.4) is 0 Å². The van der Waals surface area contributed by atoms with Gasteiger partial charge in [-0.3, -0.25) is 4.57 Å². The zero-order valence-corrected chi connectivity index (χ0v) is 42.1. The zero-order chi connectivity index (χ0) is 51.0. The van der Waals surface area contributed by atoms with Crippen LogP contribution in [0.25, 0.3) is 61.0 Å². The molecule has 2 aromatic heterocycles. The van der Waals surface area contributed by atoms with Gasteiger partial charge in [0.15, 0.2) is 0 Å². The van der Waals surface area contributed by atoms with Crippen molar-refractivity contribution in [3.05, 3.63) is 217 Å². The topological polar surface area (TPSA) is 33.5 Å². The fourth-order valence-electron chi connectivity index (χ4n) is 10.2. The van der Waals surface area contributed by atoms with Crippen LogP contribution in [0, 0.1) is 11.6 Å². The number of anilines is 4. The minimum atomic E-state index is -0.895. The molecule has 8 aromatic carbocycles. The summed E-state index contributed by atoms with van der Waals surface area (Å²) in [6.07, 6.45) is 1.89. The van der Waals surface area contributed by atoms with E-state index in [0.717, 1.165) is 94.9 Å². The maximum atomic E-state index is 14.7. The third kappa shape index (κ3) is 8.57. The second kappa shape index (κ2) is 18.0. The Hall–Kier alpha value is -8.03. The molecule has 0 aliphatic carbocycles. The van der Waals surface area contributed by atoms with E-state index in [-0.39, 0.29) is 22.5 Å². The molecule has 1 aliphatic rings. The maximum absolute atomic E-state index is 14.7. The van der Waals surface area contributed by atoms with Crippen LogP contribution >= 0.6 is 0 Å². The summed E-state index contributed by atoms with van der Waals surface area (Å²) in [5.74, 6) is 0.610. The lowest BCUT2D eigenvalue weighted by atomic mass is 9.82. The maximum Gasteiger partial charge on any atom is 0.137 e. The van der Waals surface area contributed by atoms with E-state index in [2.05, 4.69) is 165 Å². The molecule has 0 spiro atoms. The summed E-state index contributed by atoms with van der Waals surface area (Å²) in [5.41, 5.74) is 14.1. The molecular weight excluding hydrogens is 891 g/mol. The van der Waals surface area contributed by atoms with E-state index >= 15 is 0 Å². The van der Waals surface area contributed by atoms with Crippen molar-refractivity contribution in [1.82, 2.24) is 9.55 Å². The zero-order valence-electron chi connectivity index (χ0n) is 43.1. The summed E-state index contributed by atoms with van der Waals surface area (Å²) < 4.78 is 47.9. The van der Waals surface area contributed by atoms with Gasteiger partial charge < -0.3 is 14.5 Å². The first-order valence-corrected chi connectivity index (χ1v) is 24.7. The summed E-state index contributed by atoms with van der Waals surface area (Å²) in [7, 11) is 0. The molecule has 7 heteroatoms. The van der Waals surface area contributed by atoms with Crippen molar-refractivity contribution in [3.63, 3.8) is 0 Å². The molecular formula is C65H58F2N4O. The van der Waals surface area contributed by atoms with Gasteiger partial charge in [0, 0.05) is 47.3 Å². The van der Waals surface area contributed by atoms with Crippen LogP contribution in [0.15, 0.2) is 188 Å². The molecule has 0 saturated heterocycles. The highest BCUT2D eigenvalue weighted by Gasteiger charge is 2.33. The molecule has 5 nitrogen and oxygen atoms in total. The fraction of sp³-hybridized carbons (Fsp3) is 0.185. The van der Waals surface area contributed by atoms with Crippen molar-refractivity contribution in [2.75, 3.05) is 16.5 Å². The van der Waals surface area contributed by atoms with Crippen molar-refractivity contribution in [2.45, 2.75) is 72.1 Å². The van der Waals surface area contributed by atoms with Gasteiger partial charge in [-0.2, -0.15) is 0 Å². The van der Waals surface area contributed by atoms with E-state index in [0.29, 0.717) is 18.2 Å². The number of hydrogen-bond acceptors (Lipinski definition) is 4. The summed E-state index contributed by atoms with van der Waals surface area (Å²) in [4.78, 5) is 9.54. The average molecular weight is 950 g/mol. The quantitative estimate of drug-likeness (QED) is 0.144. The van der Waals surface area contributed by atoms with Gasteiger partial charge in [0.1, 0.15) is 35.6 Å². The van der Waals surface area contributed by atoms with E-state index in [1.165, 1.54) is 29.8 Å². The number of nitrogens with zero attached hydrogens (tertiary/aromatic N) is 4. The fourth-order valence-corrected chi connectivity index (χ4v) is 10.2. The molecule has 0 unspecified atom stereocenters. The van der Waals surface area contributed by atoms with E-state index in [9.17, 15) is 10.2 Å². The molecule has 10 aromatic rings. The number of ether oxygens (including phenoxy) is 1. The first kappa shape index (κ1) is 45.1. The molecule has 0 atom stereocenters. The smallest absolute Gasteiger partial charge is 0.137 e. The van der Waals surface area contributed by atoms with Gasteiger partial charge in [0.25, 0.3) is 0 Å². The Morgan fingerprint density at radius 3 is 1.78 bits per heavy atom. The molecule has 0 amide bonds.